The Morgan fingerprint density at radius 1 is 1.28 bits per heavy atom. The number of carbonyl (C=O) groups is 1. The number of nitrogens with one attached hydrogen (secondary N) is 1. The molecule has 1 aliphatic rings. The van der Waals surface area contributed by atoms with Gasteiger partial charge in [0, 0.05) is 41.0 Å². The van der Waals surface area contributed by atoms with Gasteiger partial charge in [0.2, 0.25) is 0 Å². The number of aromatic nitrogens is 4. The number of aryl methyl sites for hydroxylation is 1. The molecular formula is C24H26N6O5S. The van der Waals surface area contributed by atoms with E-state index in [0.29, 0.717) is 29.9 Å². The van der Waals surface area contributed by atoms with E-state index in [4.69, 9.17) is 13.8 Å². The van der Waals surface area contributed by atoms with Gasteiger partial charge in [-0.05, 0) is 38.2 Å². The second kappa shape index (κ2) is 9.80. The summed E-state index contributed by atoms with van der Waals surface area (Å²) in [5.74, 6) is 1.01. The van der Waals surface area contributed by atoms with Crippen molar-refractivity contribution in [1.82, 2.24) is 19.7 Å². The van der Waals surface area contributed by atoms with Gasteiger partial charge in [-0.2, -0.15) is 8.42 Å². The highest BCUT2D eigenvalue weighted by atomic mass is 32.2. The maximum atomic E-state index is 13.7. The Morgan fingerprint density at radius 2 is 2.11 bits per heavy atom. The summed E-state index contributed by atoms with van der Waals surface area (Å²) >= 11 is 0. The second-order valence-corrected chi connectivity index (χ2v) is 10.2. The highest BCUT2D eigenvalue weighted by Crippen LogP contribution is 2.31. The molecule has 12 heteroatoms. The van der Waals surface area contributed by atoms with Crippen molar-refractivity contribution in [1.29, 1.82) is 0 Å². The van der Waals surface area contributed by atoms with Crippen molar-refractivity contribution in [2.24, 2.45) is 11.1 Å². The molecule has 0 bridgehead atoms. The highest BCUT2D eigenvalue weighted by Gasteiger charge is 2.28. The topological polar surface area (TPSA) is 155 Å². The van der Waals surface area contributed by atoms with Crippen LogP contribution < -0.4 is 10.5 Å². The summed E-state index contributed by atoms with van der Waals surface area (Å²) in [5, 5.41) is 13.2. The van der Waals surface area contributed by atoms with Crippen molar-refractivity contribution >= 4 is 32.8 Å². The second-order valence-electron chi connectivity index (χ2n) is 9.03. The number of nitrogens with zero attached hydrogens (tertiary/aromatic N) is 4. The predicted octanol–water partition coefficient (Wildman–Crippen LogP) is 2.81. The van der Waals surface area contributed by atoms with Gasteiger partial charge >= 0.3 is 10.3 Å². The Balaban J connectivity index is 1.38. The zero-order valence-electron chi connectivity index (χ0n) is 19.6. The van der Waals surface area contributed by atoms with Gasteiger partial charge in [-0.15, -0.1) is 0 Å². The average Bonchev–Trinajstić information content (AvgIpc) is 3.57. The fourth-order valence-corrected chi connectivity index (χ4v) is 5.11. The number of benzene rings is 1. The molecule has 1 aromatic carbocycles. The summed E-state index contributed by atoms with van der Waals surface area (Å²) < 4.78 is 34.1. The van der Waals surface area contributed by atoms with Gasteiger partial charge in [0.25, 0.3) is 0 Å². The first-order valence-corrected chi connectivity index (χ1v) is 13.0. The van der Waals surface area contributed by atoms with Crippen LogP contribution in [0.4, 0.5) is 5.82 Å². The summed E-state index contributed by atoms with van der Waals surface area (Å²) in [6.07, 6.45) is 6.96. The fraction of sp³-hybridized carbons (Fsp3) is 0.333. The molecule has 3 N–H and O–H groups in total. The van der Waals surface area contributed by atoms with Gasteiger partial charge in [0.05, 0.1) is 18.7 Å². The van der Waals surface area contributed by atoms with E-state index in [2.05, 4.69) is 20.4 Å². The standard InChI is InChI=1S/C24H26N6O5S/c1-15-8-18(29-35-15)11-30-12-21(19-4-2-3-5-22(19)30)23(31)20-10-26-14-27-24(20)28-17-7-6-16(9-17)13-34-36(25,32)33/h2-5,8,10,12,14,16-17H,6-7,9,11,13H2,1H3,(H2,25,32,33)(H,26,27,28)/t16-,17+/m1/s1. The van der Waals surface area contributed by atoms with Crippen LogP contribution in [0.15, 0.2) is 53.6 Å². The average molecular weight is 511 g/mol. The first kappa shape index (κ1) is 24.1. The molecule has 5 rings (SSSR count). The molecule has 188 valence electrons. The van der Waals surface area contributed by atoms with E-state index in [1.54, 1.807) is 0 Å². The highest BCUT2D eigenvalue weighted by molar-refractivity contribution is 7.84. The first-order chi connectivity index (χ1) is 17.3. The minimum Gasteiger partial charge on any atom is -0.367 e. The van der Waals surface area contributed by atoms with Crippen LogP contribution in [0.2, 0.25) is 0 Å². The molecular weight excluding hydrogens is 484 g/mol. The third-order valence-corrected chi connectivity index (χ3v) is 6.81. The van der Waals surface area contributed by atoms with Crippen molar-refractivity contribution < 1.29 is 21.9 Å². The molecule has 0 saturated heterocycles. The number of ketones is 1. The number of anilines is 1. The molecule has 0 radical (unpaired) electrons. The molecule has 36 heavy (non-hydrogen) atoms. The maximum absolute atomic E-state index is 13.7. The van der Waals surface area contributed by atoms with Gasteiger partial charge in [-0.25, -0.2) is 15.1 Å². The van der Waals surface area contributed by atoms with Crippen LogP contribution in [0.5, 0.6) is 0 Å². The van der Waals surface area contributed by atoms with Crippen LogP contribution in [0.25, 0.3) is 10.9 Å². The van der Waals surface area contributed by atoms with E-state index < -0.39 is 10.3 Å². The Labute approximate surface area is 207 Å². The summed E-state index contributed by atoms with van der Waals surface area (Å²) in [7, 11) is -3.97. The summed E-state index contributed by atoms with van der Waals surface area (Å²) in [6, 6.07) is 9.57. The van der Waals surface area contributed by atoms with Crippen LogP contribution >= 0.6 is 0 Å². The monoisotopic (exact) mass is 510 g/mol. The van der Waals surface area contributed by atoms with E-state index in [1.807, 2.05) is 48.0 Å². The third kappa shape index (κ3) is 5.30. The van der Waals surface area contributed by atoms with Crippen LogP contribution in [0, 0.1) is 12.8 Å². The molecule has 0 amide bonds. The van der Waals surface area contributed by atoms with Crippen molar-refractivity contribution in [2.45, 2.75) is 38.8 Å². The lowest BCUT2D eigenvalue weighted by molar-refractivity contribution is 0.104. The zero-order chi connectivity index (χ0) is 25.3. The molecule has 4 aromatic rings. The van der Waals surface area contributed by atoms with E-state index in [1.165, 1.54) is 12.5 Å². The van der Waals surface area contributed by atoms with Gasteiger partial charge < -0.3 is 14.4 Å². The molecule has 3 aromatic heterocycles. The maximum Gasteiger partial charge on any atom is 0.333 e. The normalized spacial score (nSPS) is 18.1. The van der Waals surface area contributed by atoms with Crippen molar-refractivity contribution in [3.63, 3.8) is 0 Å². The molecule has 1 fully saturated rings. The quantitative estimate of drug-likeness (QED) is 0.323. The number of carbonyl (C=O) groups excluding carboxylic acids is 1. The largest absolute Gasteiger partial charge is 0.367 e. The Morgan fingerprint density at radius 3 is 2.89 bits per heavy atom. The summed E-state index contributed by atoms with van der Waals surface area (Å²) in [5.41, 5.74) is 2.57. The van der Waals surface area contributed by atoms with Gasteiger partial charge in [0.1, 0.15) is 23.6 Å². The van der Waals surface area contributed by atoms with Gasteiger partial charge in [0.15, 0.2) is 5.78 Å². The lowest BCUT2D eigenvalue weighted by Crippen LogP contribution is -2.22. The molecule has 11 nitrogen and oxygen atoms in total. The predicted molar refractivity (Wildman–Crippen MR) is 132 cm³/mol. The molecule has 0 spiro atoms. The fourth-order valence-electron chi connectivity index (χ4n) is 4.72. The zero-order valence-corrected chi connectivity index (χ0v) is 20.4. The smallest absolute Gasteiger partial charge is 0.333 e. The SMILES string of the molecule is Cc1cc(Cn2cc(C(=O)c3cncnc3N[C@H]3CC[C@@H](COS(N)(=O)=O)C3)c3ccccc32)no1. The third-order valence-electron chi connectivity index (χ3n) is 6.35. The number of fused-ring (bicyclic) bond motifs is 1. The number of hydrogen-bond acceptors (Lipinski definition) is 9. The van der Waals surface area contributed by atoms with E-state index >= 15 is 0 Å². The Kier molecular flexibility index (Phi) is 6.56. The number of rotatable bonds is 9. The van der Waals surface area contributed by atoms with Crippen molar-refractivity contribution in [3.8, 4) is 0 Å². The van der Waals surface area contributed by atoms with Crippen LogP contribution in [-0.4, -0.2) is 46.5 Å². The summed E-state index contributed by atoms with van der Waals surface area (Å²) in [6.45, 7) is 2.34. The first-order valence-electron chi connectivity index (χ1n) is 11.6. The van der Waals surface area contributed by atoms with E-state index in [9.17, 15) is 13.2 Å². The Hall–Kier alpha value is -3.61. The molecule has 0 unspecified atom stereocenters. The number of para-hydroxylation sites is 1. The van der Waals surface area contributed by atoms with Crippen LogP contribution in [-0.2, 0) is 21.0 Å². The molecule has 1 aliphatic carbocycles. The number of hydrogen-bond donors (Lipinski definition) is 2. The van der Waals surface area contributed by atoms with Crippen LogP contribution in [0.1, 0.15) is 46.6 Å². The minimum absolute atomic E-state index is 0.0114. The molecule has 1 saturated carbocycles. The van der Waals surface area contributed by atoms with Crippen molar-refractivity contribution in [2.75, 3.05) is 11.9 Å². The lowest BCUT2D eigenvalue weighted by atomic mass is 10.0. The van der Waals surface area contributed by atoms with Gasteiger partial charge in [-0.1, -0.05) is 23.4 Å². The van der Waals surface area contributed by atoms with Crippen molar-refractivity contribution in [3.05, 3.63) is 71.6 Å². The minimum atomic E-state index is -3.97. The molecule has 3 heterocycles. The van der Waals surface area contributed by atoms with Crippen LogP contribution in [0.3, 0.4) is 0 Å². The lowest BCUT2D eigenvalue weighted by Gasteiger charge is -2.16. The van der Waals surface area contributed by atoms with E-state index in [-0.39, 0.29) is 24.3 Å². The Bertz CT molecular complexity index is 1510. The number of nitrogens with two attached hydrogens (primary N) is 1. The molecule has 2 atom stereocenters. The van der Waals surface area contributed by atoms with E-state index in [0.717, 1.165) is 35.2 Å². The van der Waals surface area contributed by atoms with Gasteiger partial charge in [-0.3, -0.25) is 8.98 Å². The summed E-state index contributed by atoms with van der Waals surface area (Å²) in [4.78, 5) is 22.2. The molecule has 0 aliphatic heterocycles.